The second-order valence-electron chi connectivity index (χ2n) is 4.20. The van der Waals surface area contributed by atoms with Gasteiger partial charge in [-0.25, -0.2) is 0 Å². The molecule has 0 spiro atoms. The molecule has 0 aliphatic carbocycles. The zero-order valence-corrected chi connectivity index (χ0v) is 10.4. The highest BCUT2D eigenvalue weighted by atomic mass is 35.5. The Bertz CT molecular complexity index is 719. The van der Waals surface area contributed by atoms with E-state index in [1.165, 1.54) is 5.39 Å². The van der Waals surface area contributed by atoms with E-state index in [4.69, 9.17) is 17.3 Å². The van der Waals surface area contributed by atoms with Crippen molar-refractivity contribution in [3.8, 4) is 11.1 Å². The molecule has 1 radical (unpaired) electrons. The lowest BCUT2D eigenvalue weighted by molar-refractivity contribution is 1.62. The van der Waals surface area contributed by atoms with E-state index in [9.17, 15) is 0 Å². The normalized spacial score (nSPS) is 10.7. The molecule has 0 atom stereocenters. The zero-order valence-electron chi connectivity index (χ0n) is 9.65. The van der Waals surface area contributed by atoms with E-state index in [-0.39, 0.29) is 0 Å². The van der Waals surface area contributed by atoms with Crippen LogP contribution < -0.4 is 5.73 Å². The minimum Gasteiger partial charge on any atom is -0.398 e. The highest BCUT2D eigenvalue weighted by Crippen LogP contribution is 2.28. The van der Waals surface area contributed by atoms with E-state index >= 15 is 0 Å². The van der Waals surface area contributed by atoms with E-state index in [1.807, 2.05) is 36.4 Å². The SMILES string of the molecule is Nc1cc(-c2[c]c3ccccc3cc2)ccc1Cl. The second-order valence-corrected chi connectivity index (χ2v) is 4.60. The van der Waals surface area contributed by atoms with Crippen molar-refractivity contribution in [2.24, 2.45) is 0 Å². The number of hydrogen-bond acceptors (Lipinski definition) is 1. The molecule has 0 unspecified atom stereocenters. The molecule has 0 aliphatic heterocycles. The van der Waals surface area contributed by atoms with Gasteiger partial charge in [0.1, 0.15) is 0 Å². The average molecular weight is 253 g/mol. The van der Waals surface area contributed by atoms with Crippen molar-refractivity contribution >= 4 is 28.1 Å². The summed E-state index contributed by atoms with van der Waals surface area (Å²) in [5.74, 6) is 0. The van der Waals surface area contributed by atoms with Gasteiger partial charge in [-0.3, -0.25) is 0 Å². The van der Waals surface area contributed by atoms with Gasteiger partial charge in [0, 0.05) is 0 Å². The quantitative estimate of drug-likeness (QED) is 0.632. The van der Waals surface area contributed by atoms with Gasteiger partial charge >= 0.3 is 0 Å². The van der Waals surface area contributed by atoms with Gasteiger partial charge in [0.2, 0.25) is 0 Å². The lowest BCUT2D eigenvalue weighted by atomic mass is 10.0. The van der Waals surface area contributed by atoms with Gasteiger partial charge in [-0.15, -0.1) is 0 Å². The van der Waals surface area contributed by atoms with Crippen molar-refractivity contribution in [1.82, 2.24) is 0 Å². The summed E-state index contributed by atoms with van der Waals surface area (Å²) in [6.07, 6.45) is 0. The highest BCUT2D eigenvalue weighted by molar-refractivity contribution is 6.33. The van der Waals surface area contributed by atoms with Crippen LogP contribution in [0.25, 0.3) is 21.9 Å². The van der Waals surface area contributed by atoms with E-state index in [0.29, 0.717) is 10.7 Å². The fourth-order valence-corrected chi connectivity index (χ4v) is 2.11. The van der Waals surface area contributed by atoms with Crippen LogP contribution in [0.2, 0.25) is 5.02 Å². The van der Waals surface area contributed by atoms with Crippen LogP contribution in [0.15, 0.2) is 54.6 Å². The largest absolute Gasteiger partial charge is 0.398 e. The van der Waals surface area contributed by atoms with Crippen molar-refractivity contribution in [3.05, 3.63) is 65.7 Å². The molecule has 0 saturated carbocycles. The van der Waals surface area contributed by atoms with Gasteiger partial charge in [0.05, 0.1) is 10.7 Å². The summed E-state index contributed by atoms with van der Waals surface area (Å²) in [5.41, 5.74) is 8.47. The molecule has 87 valence electrons. The van der Waals surface area contributed by atoms with Crippen LogP contribution in [0.4, 0.5) is 5.69 Å². The summed E-state index contributed by atoms with van der Waals surface area (Å²) < 4.78 is 0. The highest BCUT2D eigenvalue weighted by Gasteiger charge is 2.02. The van der Waals surface area contributed by atoms with Crippen molar-refractivity contribution in [2.75, 3.05) is 5.73 Å². The molecular weight excluding hydrogens is 242 g/mol. The number of benzene rings is 3. The molecule has 3 aromatic carbocycles. The first-order valence-corrected chi connectivity index (χ1v) is 6.08. The van der Waals surface area contributed by atoms with Crippen LogP contribution in [0.5, 0.6) is 0 Å². The first-order valence-electron chi connectivity index (χ1n) is 5.70. The molecule has 0 heterocycles. The average Bonchev–Trinajstić information content (AvgIpc) is 2.41. The topological polar surface area (TPSA) is 26.0 Å². The third-order valence-corrected chi connectivity index (χ3v) is 3.31. The minimum atomic E-state index is 0.583. The Morgan fingerprint density at radius 3 is 2.61 bits per heavy atom. The number of hydrogen-bond donors (Lipinski definition) is 1. The maximum Gasteiger partial charge on any atom is 0.0635 e. The number of rotatable bonds is 1. The molecule has 0 amide bonds. The fraction of sp³-hybridized carbons (Fsp3) is 0. The third kappa shape index (κ3) is 1.93. The standard InChI is InChI=1S/C16H11ClN/c17-15-8-7-14(10-16(15)18)13-6-5-11-3-1-2-4-12(11)9-13/h1-8,10H,18H2. The predicted octanol–water partition coefficient (Wildman–Crippen LogP) is 4.54. The monoisotopic (exact) mass is 252 g/mol. The Morgan fingerprint density at radius 1 is 0.944 bits per heavy atom. The van der Waals surface area contributed by atoms with Crippen molar-refractivity contribution < 1.29 is 0 Å². The molecule has 18 heavy (non-hydrogen) atoms. The number of halogens is 1. The summed E-state index contributed by atoms with van der Waals surface area (Å²) >= 11 is 5.93. The molecule has 2 N–H and O–H groups in total. The van der Waals surface area contributed by atoms with Crippen LogP contribution in [0.1, 0.15) is 0 Å². The molecule has 0 bridgehead atoms. The van der Waals surface area contributed by atoms with Crippen LogP contribution in [0.3, 0.4) is 0 Å². The molecule has 3 rings (SSSR count). The first kappa shape index (κ1) is 11.1. The maximum atomic E-state index is 5.93. The van der Waals surface area contributed by atoms with E-state index in [0.717, 1.165) is 16.5 Å². The molecule has 0 aliphatic rings. The summed E-state index contributed by atoms with van der Waals surface area (Å²) in [6, 6.07) is 21.3. The Morgan fingerprint density at radius 2 is 1.78 bits per heavy atom. The first-order chi connectivity index (χ1) is 8.74. The number of fused-ring (bicyclic) bond motifs is 1. The Balaban J connectivity index is 2.16. The lowest BCUT2D eigenvalue weighted by Gasteiger charge is -2.05. The predicted molar refractivity (Wildman–Crippen MR) is 77.6 cm³/mol. The Kier molecular flexibility index (Phi) is 2.69. The minimum absolute atomic E-state index is 0.583. The van der Waals surface area contributed by atoms with Crippen molar-refractivity contribution in [2.45, 2.75) is 0 Å². The summed E-state index contributed by atoms with van der Waals surface area (Å²) in [7, 11) is 0. The number of nitrogens with two attached hydrogens (primary N) is 1. The summed E-state index contributed by atoms with van der Waals surface area (Å²) in [4.78, 5) is 0. The van der Waals surface area contributed by atoms with Crippen LogP contribution in [0, 0.1) is 6.07 Å². The van der Waals surface area contributed by atoms with Crippen molar-refractivity contribution in [1.29, 1.82) is 0 Å². The number of anilines is 1. The molecule has 1 nitrogen and oxygen atoms in total. The zero-order chi connectivity index (χ0) is 12.5. The third-order valence-electron chi connectivity index (χ3n) is 2.97. The lowest BCUT2D eigenvalue weighted by Crippen LogP contribution is -1.87. The van der Waals surface area contributed by atoms with Crippen LogP contribution >= 0.6 is 11.6 Å². The smallest absolute Gasteiger partial charge is 0.0635 e. The van der Waals surface area contributed by atoms with Gasteiger partial charge in [0.25, 0.3) is 0 Å². The van der Waals surface area contributed by atoms with Gasteiger partial charge in [0.15, 0.2) is 0 Å². The number of nitrogen functional groups attached to an aromatic ring is 1. The van der Waals surface area contributed by atoms with Gasteiger partial charge in [-0.05, 0) is 40.1 Å². The molecule has 0 fully saturated rings. The van der Waals surface area contributed by atoms with E-state index < -0.39 is 0 Å². The molecular formula is C16H11ClN. The molecule has 0 aromatic heterocycles. The molecule has 3 aromatic rings. The van der Waals surface area contributed by atoms with E-state index in [1.54, 1.807) is 0 Å². The summed E-state index contributed by atoms with van der Waals surface area (Å²) in [5, 5.41) is 2.87. The van der Waals surface area contributed by atoms with Crippen molar-refractivity contribution in [3.63, 3.8) is 0 Å². The van der Waals surface area contributed by atoms with Crippen LogP contribution in [-0.2, 0) is 0 Å². The summed E-state index contributed by atoms with van der Waals surface area (Å²) in [6.45, 7) is 0. The maximum absolute atomic E-state index is 5.93. The molecule has 2 heteroatoms. The Labute approximate surface area is 111 Å². The fourth-order valence-electron chi connectivity index (χ4n) is 2.00. The Hall–Kier alpha value is -1.99. The van der Waals surface area contributed by atoms with Gasteiger partial charge < -0.3 is 5.73 Å². The van der Waals surface area contributed by atoms with Gasteiger partial charge in [-0.1, -0.05) is 54.1 Å². The van der Waals surface area contributed by atoms with Crippen LogP contribution in [-0.4, -0.2) is 0 Å². The second kappa shape index (κ2) is 4.35. The van der Waals surface area contributed by atoms with Gasteiger partial charge in [-0.2, -0.15) is 0 Å². The van der Waals surface area contributed by atoms with E-state index in [2.05, 4.69) is 24.3 Å². The molecule has 0 saturated heterocycles.